The van der Waals surface area contributed by atoms with E-state index < -0.39 is 0 Å². The lowest BCUT2D eigenvalue weighted by Crippen LogP contribution is -3.00. The van der Waals surface area contributed by atoms with Crippen molar-refractivity contribution in [2.24, 2.45) is 0 Å². The summed E-state index contributed by atoms with van der Waals surface area (Å²) in [6.07, 6.45) is 8.64. The Morgan fingerprint density at radius 1 is 1.05 bits per heavy atom. The van der Waals surface area contributed by atoms with Crippen LogP contribution in [0.15, 0.2) is 29.0 Å². The minimum atomic E-state index is 0. The van der Waals surface area contributed by atoms with Crippen molar-refractivity contribution >= 4 is 11.8 Å². The molecule has 0 aliphatic carbocycles. The fourth-order valence-corrected chi connectivity index (χ4v) is 3.26. The minimum Gasteiger partial charge on any atom is -1.00 e. The number of rotatable bonds is 4. The Morgan fingerprint density at radius 3 is 2.23 bits per heavy atom. The lowest BCUT2D eigenvalue weighted by atomic mass is 10.0. The molecule has 3 heteroatoms. The van der Waals surface area contributed by atoms with Crippen LogP contribution in [0.3, 0.4) is 0 Å². The molecule has 1 aliphatic heterocycles. The fourth-order valence-electron chi connectivity index (χ4n) is 3.26. The van der Waals surface area contributed by atoms with E-state index in [2.05, 4.69) is 69.7 Å². The van der Waals surface area contributed by atoms with E-state index in [0.717, 1.165) is 12.8 Å². The summed E-state index contributed by atoms with van der Waals surface area (Å²) in [5.74, 6) is 0. The van der Waals surface area contributed by atoms with E-state index in [-0.39, 0.29) is 17.0 Å². The Morgan fingerprint density at radius 2 is 1.73 bits per heavy atom. The van der Waals surface area contributed by atoms with E-state index in [1.54, 1.807) is 0 Å². The Balaban J connectivity index is 0.00000242. The summed E-state index contributed by atoms with van der Waals surface area (Å²) in [6.45, 7) is 13.1. The number of aromatic amines is 1. The first-order valence-corrected chi connectivity index (χ1v) is 7.87. The van der Waals surface area contributed by atoms with Crippen LogP contribution in [0.1, 0.15) is 56.6 Å². The molecule has 0 unspecified atom stereocenters. The van der Waals surface area contributed by atoms with Crippen LogP contribution in [0.2, 0.25) is 0 Å². The quantitative estimate of drug-likeness (QED) is 0.775. The van der Waals surface area contributed by atoms with Gasteiger partial charge in [-0.25, -0.2) is 4.99 Å². The maximum absolute atomic E-state index is 3.48. The number of halogens is 1. The second kappa shape index (κ2) is 7.77. The Bertz CT molecular complexity index is 670. The van der Waals surface area contributed by atoms with Gasteiger partial charge < -0.3 is 22.0 Å². The summed E-state index contributed by atoms with van der Waals surface area (Å²) in [5, 5.41) is 0. The van der Waals surface area contributed by atoms with E-state index >= 15 is 0 Å². The number of aromatic nitrogens is 1. The molecule has 22 heavy (non-hydrogen) atoms. The molecule has 2 heterocycles. The number of allylic oxidation sites excluding steroid dienone is 4. The number of hydrogen-bond acceptors (Lipinski definition) is 0. The highest BCUT2D eigenvalue weighted by atomic mass is 79.9. The van der Waals surface area contributed by atoms with Gasteiger partial charge >= 0.3 is 0 Å². The highest BCUT2D eigenvalue weighted by Crippen LogP contribution is 2.20. The van der Waals surface area contributed by atoms with Gasteiger partial charge in [-0.15, -0.1) is 0 Å². The number of nitrogens with one attached hydrogen (secondary N) is 2. The van der Waals surface area contributed by atoms with E-state index in [1.807, 2.05) is 0 Å². The summed E-state index contributed by atoms with van der Waals surface area (Å²) in [5.41, 5.74) is 10.6. The van der Waals surface area contributed by atoms with Crippen LogP contribution in [-0.4, -0.2) is 10.7 Å². The molecule has 120 valence electrons. The third-order valence-electron chi connectivity index (χ3n) is 4.50. The molecule has 2 nitrogen and oxygen atoms in total. The number of hydrogen-bond donors (Lipinski definition) is 2. The maximum atomic E-state index is 3.48. The lowest BCUT2D eigenvalue weighted by Gasteiger charge is -1.95. The van der Waals surface area contributed by atoms with Crippen molar-refractivity contribution in [3.05, 3.63) is 51.5 Å². The second-order valence-electron chi connectivity index (χ2n) is 5.77. The van der Waals surface area contributed by atoms with Gasteiger partial charge in [-0.05, 0) is 50.8 Å². The van der Waals surface area contributed by atoms with Gasteiger partial charge in [0.2, 0.25) is 5.70 Å². The molecule has 1 aliphatic rings. The van der Waals surface area contributed by atoms with E-state index in [0.29, 0.717) is 0 Å². The minimum absolute atomic E-state index is 0. The van der Waals surface area contributed by atoms with Crippen molar-refractivity contribution in [1.82, 2.24) is 4.98 Å². The van der Waals surface area contributed by atoms with Crippen LogP contribution in [0.5, 0.6) is 0 Å². The van der Waals surface area contributed by atoms with Crippen LogP contribution in [0.4, 0.5) is 0 Å². The van der Waals surface area contributed by atoms with Crippen LogP contribution >= 0.6 is 0 Å². The normalized spacial score (nSPS) is 16.6. The van der Waals surface area contributed by atoms with Gasteiger partial charge in [-0.2, -0.15) is 0 Å². The zero-order valence-electron chi connectivity index (χ0n) is 14.5. The van der Waals surface area contributed by atoms with Crippen molar-refractivity contribution in [2.75, 3.05) is 0 Å². The first-order chi connectivity index (χ1) is 9.99. The van der Waals surface area contributed by atoms with Gasteiger partial charge in [0.05, 0.1) is 0 Å². The molecule has 1 aromatic rings. The zero-order chi connectivity index (χ0) is 15.6. The molecule has 0 aromatic carbocycles. The molecule has 0 fully saturated rings. The standard InChI is InChI=1S/C19H26N2.BrH/c1-7-16-12(3)18(20-14(16)5)10-9-11-19-13(4)17(8-2)15(6)21-19;/h9-11,20H,7-8H2,1-6H3;1H. The fraction of sp³-hybridized carbons (Fsp3) is 0.421. The average molecular weight is 363 g/mol. The third kappa shape index (κ3) is 3.52. The number of H-pyrrole nitrogens is 1. The third-order valence-corrected chi connectivity index (χ3v) is 4.50. The van der Waals surface area contributed by atoms with Crippen molar-refractivity contribution in [3.8, 4) is 0 Å². The first-order valence-electron chi connectivity index (χ1n) is 7.87. The summed E-state index contributed by atoms with van der Waals surface area (Å²) >= 11 is 0. The van der Waals surface area contributed by atoms with Gasteiger partial charge in [0.15, 0.2) is 5.71 Å². The van der Waals surface area contributed by atoms with Crippen molar-refractivity contribution in [2.45, 2.75) is 54.4 Å². The average Bonchev–Trinajstić information content (AvgIpc) is 2.87. The number of aryl methyl sites for hydroxylation is 1. The molecule has 0 spiro atoms. The largest absolute Gasteiger partial charge is 1.00 e. The molecule has 2 rings (SSSR count). The molecular weight excluding hydrogens is 336 g/mol. The van der Waals surface area contributed by atoms with Crippen LogP contribution < -0.4 is 22.0 Å². The predicted molar refractivity (Wildman–Crippen MR) is 91.4 cm³/mol. The molecule has 2 N–H and O–H groups in total. The Labute approximate surface area is 144 Å². The SMILES string of the molecule is CCC1=C(C)C(=CC=Cc2[nH]c(C)c(CC)c2C)[NH+]=C1C.[Br-]. The molecule has 0 saturated carbocycles. The Kier molecular flexibility index (Phi) is 6.61. The van der Waals surface area contributed by atoms with Crippen LogP contribution in [-0.2, 0) is 6.42 Å². The maximum Gasteiger partial charge on any atom is 0.207 e. The van der Waals surface area contributed by atoms with Gasteiger partial charge in [0.1, 0.15) is 0 Å². The predicted octanol–water partition coefficient (Wildman–Crippen LogP) is 0.377. The van der Waals surface area contributed by atoms with Gasteiger partial charge in [-0.1, -0.05) is 19.9 Å². The summed E-state index contributed by atoms with van der Waals surface area (Å²) in [7, 11) is 0. The van der Waals surface area contributed by atoms with Crippen LogP contribution in [0, 0.1) is 13.8 Å². The molecule has 1 aromatic heterocycles. The van der Waals surface area contributed by atoms with Crippen molar-refractivity contribution < 1.29 is 22.0 Å². The van der Waals surface area contributed by atoms with Gasteiger partial charge in [0, 0.05) is 35.5 Å². The molecule has 0 amide bonds. The smallest absolute Gasteiger partial charge is 0.207 e. The van der Waals surface area contributed by atoms with Crippen LogP contribution in [0.25, 0.3) is 6.08 Å². The molecule has 0 atom stereocenters. The second-order valence-corrected chi connectivity index (χ2v) is 5.77. The monoisotopic (exact) mass is 362 g/mol. The van der Waals surface area contributed by atoms with E-state index in [9.17, 15) is 0 Å². The van der Waals surface area contributed by atoms with Crippen molar-refractivity contribution in [1.29, 1.82) is 0 Å². The van der Waals surface area contributed by atoms with Gasteiger partial charge in [0.25, 0.3) is 0 Å². The highest BCUT2D eigenvalue weighted by Gasteiger charge is 2.22. The molecular formula is C19H27BrN2. The van der Waals surface area contributed by atoms with E-state index in [4.69, 9.17) is 0 Å². The van der Waals surface area contributed by atoms with Crippen molar-refractivity contribution in [3.63, 3.8) is 0 Å². The topological polar surface area (TPSA) is 29.8 Å². The zero-order valence-corrected chi connectivity index (χ0v) is 16.1. The summed E-state index contributed by atoms with van der Waals surface area (Å²) in [4.78, 5) is 6.95. The molecule has 0 bridgehead atoms. The summed E-state index contributed by atoms with van der Waals surface area (Å²) in [6, 6.07) is 0. The molecule has 0 saturated heterocycles. The van der Waals surface area contributed by atoms with E-state index in [1.165, 1.54) is 45.1 Å². The highest BCUT2D eigenvalue weighted by molar-refractivity contribution is 5.96. The lowest BCUT2D eigenvalue weighted by molar-refractivity contribution is -0.388. The van der Waals surface area contributed by atoms with Gasteiger partial charge in [-0.3, -0.25) is 0 Å². The first kappa shape index (κ1) is 18.7. The molecule has 0 radical (unpaired) electrons. The Hall–Kier alpha value is -1.35. The summed E-state index contributed by atoms with van der Waals surface area (Å²) < 4.78 is 0.